The molecular weight excluding hydrogens is 630 g/mol. The fourth-order valence-corrected chi connectivity index (χ4v) is 3.89. The Kier molecular flexibility index (Phi) is 12.3. The predicted octanol–water partition coefficient (Wildman–Crippen LogP) is 9.07. The third kappa shape index (κ3) is 7.86. The lowest BCUT2D eigenvalue weighted by atomic mass is 9.87. The van der Waals surface area contributed by atoms with Gasteiger partial charge in [-0.2, -0.15) is 74.6 Å². The molecule has 3 nitrogen and oxygen atoms in total. The molecule has 21 heteroatoms. The maximum Gasteiger partial charge on any atom is 0.460 e. The zero-order chi connectivity index (χ0) is 32.3. The van der Waals surface area contributed by atoms with Crippen LogP contribution in [-0.4, -0.2) is 63.6 Å². The van der Waals surface area contributed by atoms with Crippen LogP contribution in [0.1, 0.15) is 64.2 Å². The largest absolute Gasteiger partial charge is 0.460 e. The second-order valence-corrected chi connectivity index (χ2v) is 10.7. The average molecular weight is 654 g/mol. The molecule has 242 valence electrons. The summed E-state index contributed by atoms with van der Waals surface area (Å²) in [5, 5.41) is 0. The van der Waals surface area contributed by atoms with Crippen LogP contribution in [0.4, 0.5) is 74.6 Å². The van der Waals surface area contributed by atoms with Crippen LogP contribution in [0.5, 0.6) is 0 Å². The van der Waals surface area contributed by atoms with Gasteiger partial charge < -0.3 is 9.79 Å². The molecule has 0 heterocycles. The summed E-state index contributed by atoms with van der Waals surface area (Å²) >= 11 is 0. The highest BCUT2D eigenvalue weighted by Crippen LogP contribution is 2.64. The lowest BCUT2D eigenvalue weighted by molar-refractivity contribution is -0.461. The Labute approximate surface area is 215 Å². The van der Waals surface area contributed by atoms with Crippen molar-refractivity contribution in [3.63, 3.8) is 0 Å². The summed E-state index contributed by atoms with van der Waals surface area (Å²) in [5.41, 5.74) is 0. The highest BCUT2D eigenvalue weighted by atomic mass is 31.2. The van der Waals surface area contributed by atoms with Crippen molar-refractivity contribution in [3.05, 3.63) is 0 Å². The molecule has 0 unspecified atom stereocenters. The predicted molar refractivity (Wildman–Crippen MR) is 104 cm³/mol. The Balaban J connectivity index is 5.31. The minimum absolute atomic E-state index is 0.0342. The Bertz CT molecular complexity index is 851. The van der Waals surface area contributed by atoms with Gasteiger partial charge in [-0.15, -0.1) is 0 Å². The van der Waals surface area contributed by atoms with Crippen LogP contribution in [0.3, 0.4) is 0 Å². The fourth-order valence-electron chi connectivity index (χ4n) is 3.26. The number of unbranched alkanes of at least 4 members (excludes halogenated alkanes) is 8. The van der Waals surface area contributed by atoms with E-state index in [0.29, 0.717) is 25.7 Å². The molecule has 0 radical (unpaired) electrons. The number of rotatable bonds is 18. The first-order valence-corrected chi connectivity index (χ1v) is 13.0. The third-order valence-corrected chi connectivity index (χ3v) is 6.63. The smallest absolute Gasteiger partial charge is 0.324 e. The molecule has 0 aromatic rings. The van der Waals surface area contributed by atoms with E-state index in [4.69, 9.17) is 9.79 Å². The molecule has 0 atom stereocenters. The van der Waals surface area contributed by atoms with Gasteiger partial charge in [-0.05, 0) is 12.8 Å². The normalized spacial score (nSPS) is 15.6. The third-order valence-electron chi connectivity index (χ3n) is 5.73. The molecular formula is C19H24F17O3P. The van der Waals surface area contributed by atoms with Gasteiger partial charge in [0, 0.05) is 12.6 Å². The van der Waals surface area contributed by atoms with E-state index >= 15 is 0 Å². The van der Waals surface area contributed by atoms with Gasteiger partial charge >= 0.3 is 55.2 Å². The van der Waals surface area contributed by atoms with Gasteiger partial charge in [-0.25, -0.2) is 0 Å². The lowest BCUT2D eigenvalue weighted by Gasteiger charge is -2.42. The van der Waals surface area contributed by atoms with Gasteiger partial charge in [0.2, 0.25) is 0 Å². The number of halogens is 17. The van der Waals surface area contributed by atoms with Gasteiger partial charge in [0.15, 0.2) is 0 Å². The molecule has 0 saturated heterocycles. The summed E-state index contributed by atoms with van der Waals surface area (Å²) in [6.07, 6.45) is -9.95. The summed E-state index contributed by atoms with van der Waals surface area (Å²) in [6.45, 7) is 0. The zero-order valence-corrected chi connectivity index (χ0v) is 20.8. The van der Waals surface area contributed by atoms with E-state index in [1.807, 2.05) is 0 Å². The molecule has 0 aliphatic heterocycles. The standard InChI is InChI=1S/C19H24F17O3P/c20-12(21,10-8-6-4-2-1-3-5-7-9-11-40(37,38)39)13(22,23)14(24,25)15(26,27)16(28,29)17(30,31)18(32,33)19(34,35)36/h1-11H2,(H2,37,38,39). The molecule has 0 saturated carbocycles. The average Bonchev–Trinajstić information content (AvgIpc) is 2.74. The van der Waals surface area contributed by atoms with Crippen molar-refractivity contribution in [1.29, 1.82) is 0 Å². The van der Waals surface area contributed by atoms with Crippen LogP contribution in [0.2, 0.25) is 0 Å². The zero-order valence-electron chi connectivity index (χ0n) is 20.0. The summed E-state index contributed by atoms with van der Waals surface area (Å²) in [6, 6.07) is 0. The van der Waals surface area contributed by atoms with Crippen LogP contribution in [0.25, 0.3) is 0 Å². The SMILES string of the molecule is O=P(O)(O)CCCCCCCCCCCC(F)(F)C(F)(F)C(F)(F)C(F)(F)C(F)(F)C(F)(F)C(F)(F)C(F)(F)F. The molecule has 0 rings (SSSR count). The second kappa shape index (κ2) is 12.7. The molecule has 2 N–H and O–H groups in total. The summed E-state index contributed by atoms with van der Waals surface area (Å²) in [4.78, 5) is 17.3. The number of hydrogen-bond acceptors (Lipinski definition) is 1. The van der Waals surface area contributed by atoms with Gasteiger partial charge in [-0.1, -0.05) is 44.9 Å². The Morgan fingerprint density at radius 2 is 0.675 bits per heavy atom. The van der Waals surface area contributed by atoms with Crippen LogP contribution >= 0.6 is 7.60 Å². The van der Waals surface area contributed by atoms with E-state index in [1.54, 1.807) is 0 Å². The molecule has 0 aromatic carbocycles. The fraction of sp³-hybridized carbons (Fsp3) is 1.00. The molecule has 0 bridgehead atoms. The van der Waals surface area contributed by atoms with Crippen molar-refractivity contribution in [2.24, 2.45) is 0 Å². The van der Waals surface area contributed by atoms with Crippen LogP contribution in [-0.2, 0) is 4.57 Å². The topological polar surface area (TPSA) is 57.5 Å². The van der Waals surface area contributed by atoms with E-state index in [-0.39, 0.29) is 25.4 Å². The molecule has 0 aliphatic carbocycles. The van der Waals surface area contributed by atoms with Crippen LogP contribution < -0.4 is 0 Å². The first-order valence-electron chi connectivity index (χ1n) is 11.2. The van der Waals surface area contributed by atoms with Crippen molar-refractivity contribution < 1.29 is 89.0 Å². The van der Waals surface area contributed by atoms with E-state index in [0.717, 1.165) is 0 Å². The van der Waals surface area contributed by atoms with E-state index in [2.05, 4.69) is 0 Å². The van der Waals surface area contributed by atoms with Crippen molar-refractivity contribution >= 4 is 7.60 Å². The number of hydrogen-bond donors (Lipinski definition) is 2. The maximum absolute atomic E-state index is 13.8. The molecule has 0 amide bonds. The Morgan fingerprint density at radius 3 is 1.00 bits per heavy atom. The van der Waals surface area contributed by atoms with Gasteiger partial charge in [0.25, 0.3) is 0 Å². The van der Waals surface area contributed by atoms with Crippen LogP contribution in [0, 0.1) is 0 Å². The van der Waals surface area contributed by atoms with E-state index in [1.165, 1.54) is 0 Å². The summed E-state index contributed by atoms with van der Waals surface area (Å²) < 4.78 is 235. The Morgan fingerprint density at radius 1 is 0.400 bits per heavy atom. The molecule has 0 fully saturated rings. The highest BCUT2D eigenvalue weighted by Gasteiger charge is 2.95. The van der Waals surface area contributed by atoms with Gasteiger partial charge in [0.05, 0.1) is 0 Å². The quantitative estimate of drug-likeness (QED) is 0.0881. The maximum atomic E-state index is 13.8. The highest BCUT2D eigenvalue weighted by molar-refractivity contribution is 7.51. The van der Waals surface area contributed by atoms with Gasteiger partial charge in [0.1, 0.15) is 0 Å². The van der Waals surface area contributed by atoms with E-state index < -0.39 is 74.5 Å². The van der Waals surface area contributed by atoms with Crippen molar-refractivity contribution in [2.75, 3.05) is 6.16 Å². The number of alkyl halides is 17. The Hall–Kier alpha value is -1.04. The molecule has 0 aromatic heterocycles. The minimum atomic E-state index is -8.61. The summed E-state index contributed by atoms with van der Waals surface area (Å²) in [7, 11) is -4.16. The monoisotopic (exact) mass is 654 g/mol. The van der Waals surface area contributed by atoms with Crippen molar-refractivity contribution in [3.8, 4) is 0 Å². The molecule has 40 heavy (non-hydrogen) atoms. The molecule has 0 spiro atoms. The van der Waals surface area contributed by atoms with Crippen molar-refractivity contribution in [1.82, 2.24) is 0 Å². The second-order valence-electron chi connectivity index (χ2n) is 8.97. The van der Waals surface area contributed by atoms with Crippen molar-refractivity contribution in [2.45, 2.75) is 112 Å². The first kappa shape index (κ1) is 39.0. The summed E-state index contributed by atoms with van der Waals surface area (Å²) in [5.74, 6) is -56.0. The van der Waals surface area contributed by atoms with E-state index in [9.17, 15) is 79.2 Å². The minimum Gasteiger partial charge on any atom is -0.324 e. The molecule has 0 aliphatic rings. The lowest BCUT2D eigenvalue weighted by Crippen LogP contribution is -2.74. The van der Waals surface area contributed by atoms with Gasteiger partial charge in [-0.3, -0.25) is 4.57 Å². The van der Waals surface area contributed by atoms with Crippen LogP contribution in [0.15, 0.2) is 0 Å². The first-order chi connectivity index (χ1) is 17.5.